The van der Waals surface area contributed by atoms with E-state index in [-0.39, 0.29) is 18.1 Å². The molecule has 21 heavy (non-hydrogen) atoms. The highest BCUT2D eigenvalue weighted by Gasteiger charge is 2.31. The summed E-state index contributed by atoms with van der Waals surface area (Å²) in [7, 11) is 0. The first kappa shape index (κ1) is 15.8. The van der Waals surface area contributed by atoms with E-state index in [9.17, 15) is 9.59 Å². The van der Waals surface area contributed by atoms with Gasteiger partial charge in [0.2, 0.25) is 0 Å². The fourth-order valence-corrected chi connectivity index (χ4v) is 2.86. The van der Waals surface area contributed by atoms with Gasteiger partial charge in [0.15, 0.2) is 11.5 Å². The number of carbonyl (C=O) groups excluding carboxylic acids is 2. The Labute approximate surface area is 131 Å². The maximum atomic E-state index is 12.4. The van der Waals surface area contributed by atoms with E-state index in [4.69, 9.17) is 14.2 Å². The monoisotopic (exact) mass is 356 g/mol. The normalized spacial score (nSPS) is 13.2. The molecule has 0 atom stereocenters. The predicted octanol–water partition coefficient (Wildman–Crippen LogP) is 3.09. The van der Waals surface area contributed by atoms with E-state index in [2.05, 4.69) is 15.9 Å². The molecule has 0 amide bonds. The second-order valence-corrected chi connectivity index (χ2v) is 5.73. The molecule has 1 heterocycles. The number of esters is 1. The van der Waals surface area contributed by atoms with Crippen LogP contribution in [0.2, 0.25) is 0 Å². The van der Waals surface area contributed by atoms with Gasteiger partial charge < -0.3 is 14.2 Å². The number of hydrogen-bond acceptors (Lipinski definition) is 5. The van der Waals surface area contributed by atoms with Crippen LogP contribution in [0.25, 0.3) is 0 Å². The molecule has 0 saturated heterocycles. The maximum Gasteiger partial charge on any atom is 0.379 e. The molecule has 0 fully saturated rings. The highest BCUT2D eigenvalue weighted by molar-refractivity contribution is 9.10. The fraction of sp³-hybridized carbons (Fsp3) is 0.467. The predicted molar refractivity (Wildman–Crippen MR) is 80.2 cm³/mol. The van der Waals surface area contributed by atoms with Crippen LogP contribution in [0.5, 0.6) is 11.5 Å². The van der Waals surface area contributed by atoms with Gasteiger partial charge in [0.25, 0.3) is 5.78 Å². The molecule has 1 aliphatic heterocycles. The number of fused-ring (bicyclic) bond motifs is 1. The van der Waals surface area contributed by atoms with Gasteiger partial charge in [-0.25, -0.2) is 4.79 Å². The highest BCUT2D eigenvalue weighted by Crippen LogP contribution is 2.43. The minimum absolute atomic E-state index is 0.00803. The zero-order valence-electron chi connectivity index (χ0n) is 12.2. The lowest BCUT2D eigenvalue weighted by atomic mass is 9.93. The number of rotatable bonds is 4. The lowest BCUT2D eigenvalue weighted by molar-refractivity contribution is -0.137. The molecule has 0 N–H and O–H groups in total. The van der Waals surface area contributed by atoms with Crippen LogP contribution in [0.3, 0.4) is 0 Å². The van der Waals surface area contributed by atoms with Gasteiger partial charge in [0.1, 0.15) is 13.2 Å². The molecule has 0 unspecified atom stereocenters. The van der Waals surface area contributed by atoms with E-state index in [1.807, 2.05) is 13.8 Å². The van der Waals surface area contributed by atoms with Gasteiger partial charge in [-0.2, -0.15) is 0 Å². The Morgan fingerprint density at radius 2 is 2.00 bits per heavy atom. The number of ketones is 1. The quantitative estimate of drug-likeness (QED) is 0.471. The third kappa shape index (κ3) is 3.05. The molecule has 0 aromatic heterocycles. The summed E-state index contributed by atoms with van der Waals surface area (Å²) in [5, 5.41) is 0. The zero-order valence-corrected chi connectivity index (χ0v) is 13.8. The molecule has 0 radical (unpaired) electrons. The van der Waals surface area contributed by atoms with E-state index < -0.39 is 11.8 Å². The van der Waals surface area contributed by atoms with Crippen LogP contribution in [0, 0.1) is 0 Å². The van der Waals surface area contributed by atoms with Gasteiger partial charge >= 0.3 is 5.97 Å². The Bertz CT molecular complexity index is 580. The maximum absolute atomic E-state index is 12.4. The van der Waals surface area contributed by atoms with Crippen LogP contribution in [0.15, 0.2) is 10.5 Å². The summed E-state index contributed by atoms with van der Waals surface area (Å²) in [5.41, 5.74) is 0.949. The highest BCUT2D eigenvalue weighted by atomic mass is 79.9. The number of ether oxygens (including phenoxy) is 3. The third-order valence-electron chi connectivity index (χ3n) is 3.09. The Morgan fingerprint density at radius 1 is 1.33 bits per heavy atom. The Morgan fingerprint density at radius 3 is 2.62 bits per heavy atom. The zero-order chi connectivity index (χ0) is 15.6. The second kappa shape index (κ2) is 6.47. The first-order valence-electron chi connectivity index (χ1n) is 6.80. The lowest BCUT2D eigenvalue weighted by Crippen LogP contribution is -2.23. The molecule has 1 aromatic carbocycles. The van der Waals surface area contributed by atoms with E-state index in [1.165, 1.54) is 0 Å². The standard InChI is InChI=1S/C15H17BrO5/c1-4-19-15(18)13(17)12-9(16)7-10-14(11(12)8(2)3)21-6-5-20-10/h7-8H,4-6H2,1-3H3. The SMILES string of the molecule is CCOC(=O)C(=O)c1c(Br)cc2c(c1C(C)C)OCCO2. The first-order chi connectivity index (χ1) is 9.97. The number of carbonyl (C=O) groups is 2. The van der Waals surface area contributed by atoms with Gasteiger partial charge in [0, 0.05) is 10.0 Å². The summed E-state index contributed by atoms with van der Waals surface area (Å²) in [6.45, 7) is 6.56. The largest absolute Gasteiger partial charge is 0.486 e. The minimum Gasteiger partial charge on any atom is -0.486 e. The summed E-state index contributed by atoms with van der Waals surface area (Å²) >= 11 is 3.35. The van der Waals surface area contributed by atoms with E-state index in [1.54, 1.807) is 13.0 Å². The number of Topliss-reactive ketones (excluding diaryl/α,β-unsaturated/α-hetero) is 1. The first-order valence-corrected chi connectivity index (χ1v) is 7.60. The number of halogens is 1. The lowest BCUT2D eigenvalue weighted by Gasteiger charge is -2.25. The smallest absolute Gasteiger partial charge is 0.379 e. The number of hydrogen-bond donors (Lipinski definition) is 0. The van der Waals surface area contributed by atoms with Crippen LogP contribution < -0.4 is 9.47 Å². The van der Waals surface area contributed by atoms with Crippen LogP contribution >= 0.6 is 15.9 Å². The van der Waals surface area contributed by atoms with Crippen LogP contribution in [0.1, 0.15) is 42.6 Å². The van der Waals surface area contributed by atoms with Gasteiger partial charge in [-0.15, -0.1) is 0 Å². The van der Waals surface area contributed by atoms with Crippen molar-refractivity contribution in [1.82, 2.24) is 0 Å². The molecule has 2 rings (SSSR count). The van der Waals surface area contributed by atoms with Crippen molar-refractivity contribution in [2.45, 2.75) is 26.7 Å². The molecular weight excluding hydrogens is 340 g/mol. The minimum atomic E-state index is -0.864. The summed E-state index contributed by atoms with van der Waals surface area (Å²) in [5.74, 6) is -0.433. The molecule has 6 heteroatoms. The average molecular weight is 357 g/mol. The van der Waals surface area contributed by atoms with Crippen molar-refractivity contribution in [2.75, 3.05) is 19.8 Å². The summed E-state index contributed by atoms with van der Waals surface area (Å²) in [4.78, 5) is 24.1. The van der Waals surface area contributed by atoms with E-state index in [0.717, 1.165) is 0 Å². The molecule has 1 aliphatic rings. The number of benzene rings is 1. The van der Waals surface area contributed by atoms with Crippen molar-refractivity contribution in [2.24, 2.45) is 0 Å². The van der Waals surface area contributed by atoms with Gasteiger partial charge in [0.05, 0.1) is 12.2 Å². The van der Waals surface area contributed by atoms with Gasteiger partial charge in [-0.1, -0.05) is 13.8 Å². The van der Waals surface area contributed by atoms with Crippen molar-refractivity contribution in [1.29, 1.82) is 0 Å². The Hall–Kier alpha value is -1.56. The van der Waals surface area contributed by atoms with Gasteiger partial charge in [-0.3, -0.25) is 4.79 Å². The molecule has 5 nitrogen and oxygen atoms in total. The molecule has 0 bridgehead atoms. The van der Waals surface area contributed by atoms with Crippen LogP contribution in [-0.2, 0) is 9.53 Å². The fourth-order valence-electron chi connectivity index (χ4n) is 2.26. The molecule has 114 valence electrons. The van der Waals surface area contributed by atoms with Crippen molar-refractivity contribution in [3.63, 3.8) is 0 Å². The van der Waals surface area contributed by atoms with Gasteiger partial charge in [-0.05, 0) is 34.8 Å². The van der Waals surface area contributed by atoms with Crippen molar-refractivity contribution >= 4 is 27.7 Å². The Balaban J connectivity index is 2.59. The summed E-state index contributed by atoms with van der Waals surface area (Å²) < 4.78 is 16.5. The van der Waals surface area contributed by atoms with Crippen molar-refractivity contribution in [3.05, 3.63) is 21.7 Å². The van der Waals surface area contributed by atoms with Crippen LogP contribution in [0.4, 0.5) is 0 Å². The molecule has 0 saturated carbocycles. The molecule has 0 spiro atoms. The average Bonchev–Trinajstić information content (AvgIpc) is 2.45. The molecule has 1 aromatic rings. The molecular formula is C15H17BrO5. The third-order valence-corrected chi connectivity index (χ3v) is 3.71. The van der Waals surface area contributed by atoms with Crippen LogP contribution in [-0.4, -0.2) is 31.6 Å². The van der Waals surface area contributed by atoms with E-state index >= 15 is 0 Å². The van der Waals surface area contributed by atoms with E-state index in [0.29, 0.717) is 34.7 Å². The van der Waals surface area contributed by atoms with Crippen molar-refractivity contribution in [3.8, 4) is 11.5 Å². The second-order valence-electron chi connectivity index (χ2n) is 4.88. The van der Waals surface area contributed by atoms with Crippen molar-refractivity contribution < 1.29 is 23.8 Å². The topological polar surface area (TPSA) is 61.8 Å². The Kier molecular flexibility index (Phi) is 4.88. The molecule has 0 aliphatic carbocycles. The summed E-state index contributed by atoms with van der Waals surface area (Å²) in [6, 6.07) is 1.66. The summed E-state index contributed by atoms with van der Waals surface area (Å²) in [6.07, 6.45) is 0.